The second-order valence-corrected chi connectivity index (χ2v) is 4.32. The molecular weight excluding hydrogens is 327 g/mol. The lowest BCUT2D eigenvalue weighted by molar-refractivity contribution is 1.27. The van der Waals surface area contributed by atoms with Gasteiger partial charge in [0.05, 0.1) is 0 Å². The summed E-state index contributed by atoms with van der Waals surface area (Å²) in [4.78, 5) is 8.06. The number of pyridine rings is 2. The van der Waals surface area contributed by atoms with E-state index >= 15 is 0 Å². The van der Waals surface area contributed by atoms with E-state index in [0.717, 1.165) is 15.2 Å². The third-order valence-corrected chi connectivity index (χ3v) is 2.54. The molecule has 0 radical (unpaired) electrons. The Morgan fingerprint density at radius 2 is 1.65 bits per heavy atom. The van der Waals surface area contributed by atoms with Crippen LogP contribution in [-0.2, 0) is 0 Å². The number of hydrogen-bond acceptors (Lipinski definition) is 4. The number of hydrogen-bond donors (Lipinski definition) is 2. The van der Waals surface area contributed by atoms with E-state index in [1.165, 1.54) is 0 Å². The van der Waals surface area contributed by atoms with Gasteiger partial charge in [0, 0.05) is 30.1 Å². The highest BCUT2D eigenvalue weighted by atomic mass is 127. The molecule has 0 fully saturated rings. The Bertz CT molecular complexity index is 416. The first kappa shape index (κ1) is 13.7. The van der Waals surface area contributed by atoms with Gasteiger partial charge in [-0.2, -0.15) is 0 Å². The summed E-state index contributed by atoms with van der Waals surface area (Å²) < 4.78 is 1.16. The van der Waals surface area contributed by atoms with Gasteiger partial charge in [0.25, 0.3) is 0 Å². The Hall–Kier alpha value is -1.37. The van der Waals surface area contributed by atoms with Crippen molar-refractivity contribution >= 4 is 34.2 Å². The van der Waals surface area contributed by atoms with Crippen LogP contribution in [0.4, 0.5) is 11.6 Å². The molecular formula is C12H15IN4. The first-order chi connectivity index (χ1) is 8.26. The molecule has 0 aliphatic carbocycles. The van der Waals surface area contributed by atoms with Gasteiger partial charge in [0.2, 0.25) is 0 Å². The largest absolute Gasteiger partial charge is 0.373 e. The van der Waals surface area contributed by atoms with Gasteiger partial charge in [-0.25, -0.2) is 9.97 Å². The molecule has 5 heteroatoms. The normalized spacial score (nSPS) is 8.88. The molecule has 2 N–H and O–H groups in total. The molecule has 90 valence electrons. The van der Waals surface area contributed by atoms with Crippen LogP contribution in [0.25, 0.3) is 0 Å². The number of anilines is 2. The molecule has 0 unspecified atom stereocenters. The smallest absolute Gasteiger partial charge is 0.125 e. The molecule has 0 aliphatic heterocycles. The van der Waals surface area contributed by atoms with Gasteiger partial charge in [0.1, 0.15) is 11.6 Å². The third kappa shape index (κ3) is 5.48. The Morgan fingerprint density at radius 1 is 0.941 bits per heavy atom. The van der Waals surface area contributed by atoms with E-state index in [2.05, 4.69) is 43.2 Å². The van der Waals surface area contributed by atoms with Crippen LogP contribution in [0, 0.1) is 3.57 Å². The average Bonchev–Trinajstić information content (AvgIpc) is 2.41. The van der Waals surface area contributed by atoms with Crippen LogP contribution < -0.4 is 10.6 Å². The fourth-order valence-corrected chi connectivity index (χ4v) is 1.35. The first-order valence-electron chi connectivity index (χ1n) is 5.14. The molecule has 0 aromatic carbocycles. The van der Waals surface area contributed by atoms with Crippen molar-refractivity contribution in [3.8, 4) is 0 Å². The van der Waals surface area contributed by atoms with Crippen LogP contribution in [0.5, 0.6) is 0 Å². The van der Waals surface area contributed by atoms with E-state index in [-0.39, 0.29) is 0 Å². The number of nitrogens with zero attached hydrogens (tertiary/aromatic N) is 2. The molecule has 17 heavy (non-hydrogen) atoms. The Balaban J connectivity index is 0.000000171. The predicted molar refractivity (Wildman–Crippen MR) is 80.3 cm³/mol. The number of rotatable bonds is 2. The molecule has 0 aliphatic rings. The van der Waals surface area contributed by atoms with Crippen molar-refractivity contribution in [2.75, 3.05) is 24.7 Å². The van der Waals surface area contributed by atoms with Gasteiger partial charge in [-0.1, -0.05) is 6.07 Å². The SMILES string of the molecule is CNc1ccc(I)cn1.CNc1ccccn1. The zero-order valence-electron chi connectivity index (χ0n) is 9.81. The Kier molecular flexibility index (Phi) is 6.31. The van der Waals surface area contributed by atoms with Crippen LogP contribution in [0.3, 0.4) is 0 Å². The molecule has 0 atom stereocenters. The van der Waals surface area contributed by atoms with Crippen molar-refractivity contribution in [3.05, 3.63) is 46.3 Å². The monoisotopic (exact) mass is 342 g/mol. The summed E-state index contributed by atoms with van der Waals surface area (Å²) in [5.41, 5.74) is 0. The van der Waals surface area contributed by atoms with Crippen LogP contribution in [0.2, 0.25) is 0 Å². The highest BCUT2D eigenvalue weighted by Crippen LogP contribution is 2.05. The van der Waals surface area contributed by atoms with Gasteiger partial charge in [-0.15, -0.1) is 0 Å². The zero-order chi connectivity index (χ0) is 12.5. The second-order valence-electron chi connectivity index (χ2n) is 3.08. The van der Waals surface area contributed by atoms with E-state index in [1.807, 2.05) is 50.6 Å². The van der Waals surface area contributed by atoms with Crippen LogP contribution in [0.1, 0.15) is 0 Å². The fourth-order valence-electron chi connectivity index (χ4n) is 1.03. The average molecular weight is 342 g/mol. The van der Waals surface area contributed by atoms with Crippen molar-refractivity contribution < 1.29 is 0 Å². The maximum Gasteiger partial charge on any atom is 0.125 e. The van der Waals surface area contributed by atoms with E-state index in [0.29, 0.717) is 0 Å². The standard InChI is InChI=1S/C6H7IN2.C6H8N2/c1-8-6-3-2-5(7)4-9-6;1-7-6-4-2-3-5-8-6/h2-4H,1H3,(H,8,9);2-5H,1H3,(H,7,8). The lowest BCUT2D eigenvalue weighted by Gasteiger charge is -1.95. The molecule has 2 rings (SSSR count). The van der Waals surface area contributed by atoms with Gasteiger partial charge in [-0.3, -0.25) is 0 Å². The van der Waals surface area contributed by atoms with Crippen LogP contribution >= 0.6 is 22.6 Å². The van der Waals surface area contributed by atoms with Gasteiger partial charge >= 0.3 is 0 Å². The topological polar surface area (TPSA) is 49.8 Å². The van der Waals surface area contributed by atoms with E-state index in [1.54, 1.807) is 6.20 Å². The minimum Gasteiger partial charge on any atom is -0.373 e. The Labute approximate surface area is 115 Å². The van der Waals surface area contributed by atoms with E-state index in [9.17, 15) is 0 Å². The number of halogens is 1. The van der Waals surface area contributed by atoms with Gasteiger partial charge in [0.15, 0.2) is 0 Å². The molecule has 4 nitrogen and oxygen atoms in total. The minimum atomic E-state index is 0.910. The molecule has 2 aromatic heterocycles. The summed E-state index contributed by atoms with van der Waals surface area (Å²) in [6, 6.07) is 9.71. The summed E-state index contributed by atoms with van der Waals surface area (Å²) in [7, 11) is 3.71. The highest BCUT2D eigenvalue weighted by molar-refractivity contribution is 14.1. The van der Waals surface area contributed by atoms with Crippen molar-refractivity contribution in [3.63, 3.8) is 0 Å². The third-order valence-electron chi connectivity index (χ3n) is 1.90. The van der Waals surface area contributed by atoms with Crippen molar-refractivity contribution in [1.82, 2.24) is 9.97 Å². The van der Waals surface area contributed by atoms with Gasteiger partial charge < -0.3 is 10.6 Å². The van der Waals surface area contributed by atoms with E-state index < -0.39 is 0 Å². The number of nitrogens with one attached hydrogen (secondary N) is 2. The maximum atomic E-state index is 4.08. The maximum absolute atomic E-state index is 4.08. The minimum absolute atomic E-state index is 0.910. The molecule has 0 saturated heterocycles. The van der Waals surface area contributed by atoms with E-state index in [4.69, 9.17) is 0 Å². The summed E-state index contributed by atoms with van der Waals surface area (Å²) in [5, 5.41) is 5.86. The van der Waals surface area contributed by atoms with Crippen molar-refractivity contribution in [1.29, 1.82) is 0 Å². The van der Waals surface area contributed by atoms with Gasteiger partial charge in [-0.05, 0) is 46.9 Å². The predicted octanol–water partition coefficient (Wildman–Crippen LogP) is 2.85. The number of aromatic nitrogens is 2. The lowest BCUT2D eigenvalue weighted by atomic mass is 10.5. The zero-order valence-corrected chi connectivity index (χ0v) is 12.0. The molecule has 2 heterocycles. The Morgan fingerprint density at radius 3 is 2.06 bits per heavy atom. The molecule has 0 saturated carbocycles. The molecule has 0 bridgehead atoms. The second kappa shape index (κ2) is 7.83. The van der Waals surface area contributed by atoms with Crippen LogP contribution in [0.15, 0.2) is 42.7 Å². The molecule has 0 spiro atoms. The molecule has 0 amide bonds. The summed E-state index contributed by atoms with van der Waals surface area (Å²) >= 11 is 2.22. The summed E-state index contributed by atoms with van der Waals surface area (Å²) in [6.07, 6.45) is 3.58. The fraction of sp³-hybridized carbons (Fsp3) is 0.167. The quantitative estimate of drug-likeness (QED) is 0.824. The van der Waals surface area contributed by atoms with Crippen molar-refractivity contribution in [2.24, 2.45) is 0 Å². The lowest BCUT2D eigenvalue weighted by Crippen LogP contribution is -1.90. The molecule has 2 aromatic rings. The van der Waals surface area contributed by atoms with Crippen molar-refractivity contribution in [2.45, 2.75) is 0 Å². The first-order valence-corrected chi connectivity index (χ1v) is 6.22. The summed E-state index contributed by atoms with van der Waals surface area (Å²) in [5.74, 6) is 1.82. The highest BCUT2D eigenvalue weighted by Gasteiger charge is 1.86. The van der Waals surface area contributed by atoms with Crippen LogP contribution in [-0.4, -0.2) is 24.1 Å². The summed E-state index contributed by atoms with van der Waals surface area (Å²) in [6.45, 7) is 0.